The largest absolute Gasteiger partial charge is 0.389 e. The summed E-state index contributed by atoms with van der Waals surface area (Å²) in [6, 6.07) is 9.52. The molecule has 0 radical (unpaired) electrons. The average Bonchev–Trinajstić information content (AvgIpc) is 2.48. The summed E-state index contributed by atoms with van der Waals surface area (Å²) in [7, 11) is 0. The number of nitrogens with zero attached hydrogens (tertiary/aromatic N) is 1. The molecule has 20 heavy (non-hydrogen) atoms. The molecule has 0 aliphatic heterocycles. The molecule has 1 heterocycles. The van der Waals surface area contributed by atoms with Gasteiger partial charge in [0.2, 0.25) is 0 Å². The van der Waals surface area contributed by atoms with E-state index in [0.717, 1.165) is 0 Å². The Labute approximate surface area is 115 Å². The second-order valence-electron chi connectivity index (χ2n) is 4.18. The van der Waals surface area contributed by atoms with E-state index in [0.29, 0.717) is 5.56 Å². The van der Waals surface area contributed by atoms with Gasteiger partial charge in [-0.05, 0) is 30.7 Å². The van der Waals surface area contributed by atoms with E-state index in [4.69, 9.17) is 4.74 Å². The van der Waals surface area contributed by atoms with Gasteiger partial charge in [0.25, 0.3) is 0 Å². The van der Waals surface area contributed by atoms with E-state index >= 15 is 0 Å². The zero-order chi connectivity index (χ0) is 14.5. The van der Waals surface area contributed by atoms with Crippen LogP contribution >= 0.6 is 0 Å². The van der Waals surface area contributed by atoms with Crippen LogP contribution in [-0.2, 0) is 4.74 Å². The molecule has 2 rings (SSSR count). The third-order valence-electron chi connectivity index (χ3n) is 2.71. The highest BCUT2D eigenvalue weighted by Gasteiger charge is 2.19. The predicted molar refractivity (Wildman–Crippen MR) is 71.1 cm³/mol. The van der Waals surface area contributed by atoms with Gasteiger partial charge in [0.05, 0.1) is 17.2 Å². The number of carbonyl (C=O) groups excluding carboxylic acids is 2. The number of hydrogen-bond donors (Lipinski definition) is 1. The van der Waals surface area contributed by atoms with Gasteiger partial charge in [-0.25, -0.2) is 9.59 Å². The van der Waals surface area contributed by atoms with Crippen LogP contribution in [0.2, 0.25) is 0 Å². The molecule has 0 amide bonds. The number of carbonyl (C=O) groups is 2. The third-order valence-corrected chi connectivity index (χ3v) is 2.71. The maximum absolute atomic E-state index is 12.0. The van der Waals surface area contributed by atoms with Crippen LogP contribution in [0.25, 0.3) is 0 Å². The predicted octanol–water partition coefficient (Wildman–Crippen LogP) is 2.13. The first-order chi connectivity index (χ1) is 9.59. The highest BCUT2D eigenvalue weighted by atomic mass is 16.6. The molecule has 5 heteroatoms. The van der Waals surface area contributed by atoms with Crippen molar-refractivity contribution in [2.45, 2.75) is 13.0 Å². The minimum absolute atomic E-state index is 0.166. The van der Waals surface area contributed by atoms with Crippen LogP contribution in [0.3, 0.4) is 0 Å². The molecule has 5 nitrogen and oxygen atoms in total. The van der Waals surface area contributed by atoms with Crippen molar-refractivity contribution in [2.24, 2.45) is 0 Å². The number of pyridine rings is 1. The Morgan fingerprint density at radius 1 is 1.15 bits per heavy atom. The van der Waals surface area contributed by atoms with Gasteiger partial charge >= 0.3 is 11.9 Å². The van der Waals surface area contributed by atoms with Gasteiger partial charge in [0.1, 0.15) is 0 Å². The maximum Gasteiger partial charge on any atom is 0.347 e. The van der Waals surface area contributed by atoms with Crippen molar-refractivity contribution in [1.82, 2.24) is 4.98 Å². The number of aliphatic hydroxyl groups is 1. The Balaban J connectivity index is 2.19. The van der Waals surface area contributed by atoms with Crippen LogP contribution < -0.4 is 0 Å². The lowest BCUT2D eigenvalue weighted by molar-refractivity contribution is 0.0393. The van der Waals surface area contributed by atoms with Gasteiger partial charge in [0.15, 0.2) is 0 Å². The van der Waals surface area contributed by atoms with E-state index in [-0.39, 0.29) is 11.1 Å². The summed E-state index contributed by atoms with van der Waals surface area (Å²) >= 11 is 0. The molecule has 102 valence electrons. The summed E-state index contributed by atoms with van der Waals surface area (Å²) in [4.78, 5) is 27.5. The molecule has 0 aliphatic carbocycles. The molecule has 0 bridgehead atoms. The lowest BCUT2D eigenvalue weighted by Gasteiger charge is -2.10. The lowest BCUT2D eigenvalue weighted by atomic mass is 10.0. The van der Waals surface area contributed by atoms with Gasteiger partial charge in [-0.2, -0.15) is 0 Å². The Morgan fingerprint density at radius 3 is 2.55 bits per heavy atom. The quantitative estimate of drug-likeness (QED) is 0.683. The Morgan fingerprint density at radius 2 is 1.90 bits per heavy atom. The van der Waals surface area contributed by atoms with Crippen molar-refractivity contribution in [3.63, 3.8) is 0 Å². The SMILES string of the molecule is CC(O)c1ccccc1C(=O)OC(=O)c1cccnc1. The minimum Gasteiger partial charge on any atom is -0.389 e. The monoisotopic (exact) mass is 271 g/mol. The fraction of sp³-hybridized carbons (Fsp3) is 0.133. The van der Waals surface area contributed by atoms with E-state index in [2.05, 4.69) is 4.98 Å². The average molecular weight is 271 g/mol. The van der Waals surface area contributed by atoms with Crippen molar-refractivity contribution >= 4 is 11.9 Å². The van der Waals surface area contributed by atoms with Crippen LogP contribution in [0, 0.1) is 0 Å². The highest BCUT2D eigenvalue weighted by Crippen LogP contribution is 2.18. The zero-order valence-electron chi connectivity index (χ0n) is 10.8. The molecule has 2 aromatic rings. The molecular formula is C15H13NO4. The summed E-state index contributed by atoms with van der Waals surface area (Å²) in [6.07, 6.45) is 2.00. The van der Waals surface area contributed by atoms with Crippen molar-refractivity contribution < 1.29 is 19.4 Å². The molecule has 1 aromatic carbocycles. The van der Waals surface area contributed by atoms with Crippen LogP contribution in [0.15, 0.2) is 48.8 Å². The van der Waals surface area contributed by atoms with E-state index < -0.39 is 18.0 Å². The van der Waals surface area contributed by atoms with E-state index in [1.807, 2.05) is 0 Å². The maximum atomic E-state index is 12.0. The minimum atomic E-state index is -0.827. The number of aliphatic hydroxyl groups excluding tert-OH is 1. The number of hydrogen-bond acceptors (Lipinski definition) is 5. The molecule has 1 N–H and O–H groups in total. The molecule has 0 saturated carbocycles. The molecule has 0 aliphatic rings. The first kappa shape index (κ1) is 13.9. The molecule has 0 spiro atoms. The molecule has 1 aromatic heterocycles. The number of esters is 2. The van der Waals surface area contributed by atoms with Crippen LogP contribution in [-0.4, -0.2) is 22.0 Å². The second kappa shape index (κ2) is 6.08. The second-order valence-corrected chi connectivity index (χ2v) is 4.18. The zero-order valence-corrected chi connectivity index (χ0v) is 10.8. The normalized spacial score (nSPS) is 11.7. The van der Waals surface area contributed by atoms with E-state index in [1.165, 1.54) is 31.5 Å². The summed E-state index contributed by atoms with van der Waals surface area (Å²) in [5, 5.41) is 9.60. The Kier molecular flexibility index (Phi) is 4.22. The Hall–Kier alpha value is -2.53. The summed E-state index contributed by atoms with van der Waals surface area (Å²) in [5.41, 5.74) is 0.770. The van der Waals surface area contributed by atoms with Crippen molar-refractivity contribution in [2.75, 3.05) is 0 Å². The van der Waals surface area contributed by atoms with E-state index in [9.17, 15) is 14.7 Å². The standard InChI is InChI=1S/C15H13NO4/c1-10(17)12-6-2-3-7-13(12)15(19)20-14(18)11-5-4-8-16-9-11/h2-10,17H,1H3. The van der Waals surface area contributed by atoms with Crippen LogP contribution in [0.5, 0.6) is 0 Å². The lowest BCUT2D eigenvalue weighted by Crippen LogP contribution is -2.15. The molecule has 0 saturated heterocycles. The van der Waals surface area contributed by atoms with Crippen LogP contribution in [0.1, 0.15) is 39.3 Å². The number of rotatable bonds is 3. The molecular weight excluding hydrogens is 258 g/mol. The van der Waals surface area contributed by atoms with Crippen molar-refractivity contribution in [3.8, 4) is 0 Å². The van der Waals surface area contributed by atoms with Gasteiger partial charge < -0.3 is 9.84 Å². The fourth-order valence-electron chi connectivity index (χ4n) is 1.73. The van der Waals surface area contributed by atoms with Gasteiger partial charge in [-0.15, -0.1) is 0 Å². The van der Waals surface area contributed by atoms with Crippen molar-refractivity contribution in [1.29, 1.82) is 0 Å². The molecule has 1 unspecified atom stereocenters. The smallest absolute Gasteiger partial charge is 0.347 e. The Bertz CT molecular complexity index is 623. The number of benzene rings is 1. The fourth-order valence-corrected chi connectivity index (χ4v) is 1.73. The molecule has 1 atom stereocenters. The van der Waals surface area contributed by atoms with Crippen LogP contribution in [0.4, 0.5) is 0 Å². The van der Waals surface area contributed by atoms with Gasteiger partial charge in [0, 0.05) is 12.4 Å². The number of aromatic nitrogens is 1. The summed E-state index contributed by atoms with van der Waals surface area (Å²) < 4.78 is 4.78. The molecule has 0 fully saturated rings. The van der Waals surface area contributed by atoms with Gasteiger partial charge in [-0.3, -0.25) is 4.98 Å². The first-order valence-corrected chi connectivity index (χ1v) is 6.03. The highest BCUT2D eigenvalue weighted by molar-refractivity contribution is 6.03. The number of ether oxygens (including phenoxy) is 1. The third kappa shape index (κ3) is 3.07. The topological polar surface area (TPSA) is 76.5 Å². The van der Waals surface area contributed by atoms with E-state index in [1.54, 1.807) is 24.3 Å². The first-order valence-electron chi connectivity index (χ1n) is 6.03. The summed E-state index contributed by atoms with van der Waals surface area (Å²) in [5.74, 6) is -1.57. The van der Waals surface area contributed by atoms with Crippen molar-refractivity contribution in [3.05, 3.63) is 65.5 Å². The van der Waals surface area contributed by atoms with Gasteiger partial charge in [-0.1, -0.05) is 18.2 Å². The summed E-state index contributed by atoms with van der Waals surface area (Å²) in [6.45, 7) is 1.54.